The molecule has 1 N–H and O–H groups in total. The van der Waals surface area contributed by atoms with E-state index in [9.17, 15) is 4.79 Å². The van der Waals surface area contributed by atoms with E-state index >= 15 is 0 Å². The summed E-state index contributed by atoms with van der Waals surface area (Å²) in [6.07, 6.45) is 6.86. The number of hydrogen-bond donors (Lipinski definition) is 1. The average Bonchev–Trinajstić information content (AvgIpc) is 3.11. The summed E-state index contributed by atoms with van der Waals surface area (Å²) in [6.45, 7) is 1.80. The lowest BCUT2D eigenvalue weighted by Gasteiger charge is -2.34. The van der Waals surface area contributed by atoms with E-state index in [1.807, 2.05) is 12.3 Å². The summed E-state index contributed by atoms with van der Waals surface area (Å²) in [6, 6.07) is 5.85. The molecule has 1 saturated heterocycles. The Labute approximate surface area is 143 Å². The van der Waals surface area contributed by atoms with E-state index in [2.05, 4.69) is 36.6 Å². The molecule has 0 bridgehead atoms. The van der Waals surface area contributed by atoms with Crippen LogP contribution >= 0.6 is 11.3 Å². The molecule has 4 rings (SSSR count). The SMILES string of the molecule is O=C(NC1CCCN(c2ccnc3ccsc23)C1)c1ccncn1. The number of amides is 1. The van der Waals surface area contributed by atoms with Gasteiger partial charge in [-0.2, -0.15) is 0 Å². The van der Waals surface area contributed by atoms with E-state index in [-0.39, 0.29) is 11.9 Å². The van der Waals surface area contributed by atoms with Gasteiger partial charge in [0.25, 0.3) is 5.91 Å². The number of nitrogens with one attached hydrogen (secondary N) is 1. The van der Waals surface area contributed by atoms with Crippen molar-refractivity contribution in [2.24, 2.45) is 0 Å². The highest BCUT2D eigenvalue weighted by molar-refractivity contribution is 7.17. The van der Waals surface area contributed by atoms with Gasteiger partial charge in [0, 0.05) is 31.5 Å². The third-order valence-electron chi connectivity index (χ3n) is 4.24. The Bertz CT molecular complexity index is 850. The fourth-order valence-electron chi connectivity index (χ4n) is 3.11. The molecule has 0 aromatic carbocycles. The summed E-state index contributed by atoms with van der Waals surface area (Å²) >= 11 is 1.71. The van der Waals surface area contributed by atoms with E-state index in [0.29, 0.717) is 5.69 Å². The molecule has 0 radical (unpaired) electrons. The van der Waals surface area contributed by atoms with Crippen LogP contribution in [0.2, 0.25) is 0 Å². The second kappa shape index (κ2) is 6.52. The number of fused-ring (bicyclic) bond motifs is 1. The number of carbonyl (C=O) groups is 1. The molecule has 4 heterocycles. The topological polar surface area (TPSA) is 71.0 Å². The number of carbonyl (C=O) groups excluding carboxylic acids is 1. The van der Waals surface area contributed by atoms with Crippen LogP contribution in [-0.4, -0.2) is 40.0 Å². The first-order chi connectivity index (χ1) is 11.8. The minimum atomic E-state index is -0.139. The lowest BCUT2D eigenvalue weighted by atomic mass is 10.0. The number of piperidine rings is 1. The number of aromatic nitrogens is 3. The van der Waals surface area contributed by atoms with Gasteiger partial charge in [0.2, 0.25) is 0 Å². The van der Waals surface area contributed by atoms with Crippen molar-refractivity contribution in [2.75, 3.05) is 18.0 Å². The zero-order valence-corrected chi connectivity index (χ0v) is 13.9. The third-order valence-corrected chi connectivity index (χ3v) is 5.16. The lowest BCUT2D eigenvalue weighted by Crippen LogP contribution is -2.48. The molecule has 1 unspecified atom stereocenters. The van der Waals surface area contributed by atoms with Crippen molar-refractivity contribution < 1.29 is 4.79 Å². The molecule has 3 aromatic rings. The van der Waals surface area contributed by atoms with Gasteiger partial charge in [-0.15, -0.1) is 11.3 Å². The lowest BCUT2D eigenvalue weighted by molar-refractivity contribution is 0.0928. The number of rotatable bonds is 3. The molecule has 1 atom stereocenters. The van der Waals surface area contributed by atoms with Crippen LogP contribution in [0.5, 0.6) is 0 Å². The first-order valence-corrected chi connectivity index (χ1v) is 8.83. The van der Waals surface area contributed by atoms with Gasteiger partial charge in [0.1, 0.15) is 12.0 Å². The smallest absolute Gasteiger partial charge is 0.270 e. The Morgan fingerprint density at radius 1 is 1.25 bits per heavy atom. The molecule has 122 valence electrons. The standard InChI is InChI=1S/C17H17N5OS/c23-17(14-3-6-18-11-20-14)21-12-2-1-8-22(10-12)15-4-7-19-13-5-9-24-16(13)15/h3-7,9,11-12H,1-2,8,10H2,(H,21,23). The highest BCUT2D eigenvalue weighted by Crippen LogP contribution is 2.31. The molecule has 24 heavy (non-hydrogen) atoms. The number of hydrogen-bond acceptors (Lipinski definition) is 6. The molecule has 0 aliphatic carbocycles. The first-order valence-electron chi connectivity index (χ1n) is 7.95. The van der Waals surface area contributed by atoms with Crippen molar-refractivity contribution in [2.45, 2.75) is 18.9 Å². The van der Waals surface area contributed by atoms with Crippen LogP contribution in [0.3, 0.4) is 0 Å². The number of anilines is 1. The van der Waals surface area contributed by atoms with Crippen LogP contribution in [0.25, 0.3) is 10.2 Å². The third kappa shape index (κ3) is 2.94. The van der Waals surface area contributed by atoms with Crippen LogP contribution in [0.15, 0.2) is 42.3 Å². The monoisotopic (exact) mass is 339 g/mol. The van der Waals surface area contributed by atoms with Gasteiger partial charge in [-0.1, -0.05) is 0 Å². The van der Waals surface area contributed by atoms with Crippen LogP contribution in [0.1, 0.15) is 23.3 Å². The Morgan fingerprint density at radius 2 is 2.21 bits per heavy atom. The number of nitrogens with zero attached hydrogens (tertiary/aromatic N) is 4. The fraction of sp³-hybridized carbons (Fsp3) is 0.294. The van der Waals surface area contributed by atoms with Gasteiger partial charge in [0.05, 0.1) is 15.9 Å². The van der Waals surface area contributed by atoms with Crippen LogP contribution in [-0.2, 0) is 0 Å². The maximum Gasteiger partial charge on any atom is 0.270 e. The van der Waals surface area contributed by atoms with E-state index in [4.69, 9.17) is 0 Å². The van der Waals surface area contributed by atoms with Crippen LogP contribution in [0.4, 0.5) is 5.69 Å². The average molecular weight is 339 g/mol. The van der Waals surface area contributed by atoms with Crippen molar-refractivity contribution >= 4 is 33.1 Å². The fourth-order valence-corrected chi connectivity index (χ4v) is 4.00. The number of thiophene rings is 1. The second-order valence-corrected chi connectivity index (χ2v) is 6.73. The highest BCUT2D eigenvalue weighted by Gasteiger charge is 2.23. The first kappa shape index (κ1) is 15.0. The summed E-state index contributed by atoms with van der Waals surface area (Å²) < 4.78 is 1.21. The Morgan fingerprint density at radius 3 is 3.08 bits per heavy atom. The normalized spacial score (nSPS) is 17.8. The molecule has 0 saturated carbocycles. The van der Waals surface area contributed by atoms with Crippen molar-refractivity contribution in [3.63, 3.8) is 0 Å². The van der Waals surface area contributed by atoms with Crippen molar-refractivity contribution in [3.05, 3.63) is 48.0 Å². The second-order valence-electron chi connectivity index (χ2n) is 5.82. The van der Waals surface area contributed by atoms with Gasteiger partial charge in [-0.25, -0.2) is 9.97 Å². The number of pyridine rings is 1. The molecule has 7 heteroatoms. The Kier molecular flexibility index (Phi) is 4.08. The van der Waals surface area contributed by atoms with Gasteiger partial charge >= 0.3 is 0 Å². The Balaban J connectivity index is 1.50. The van der Waals surface area contributed by atoms with E-state index in [0.717, 1.165) is 31.4 Å². The van der Waals surface area contributed by atoms with Crippen LogP contribution in [0, 0.1) is 0 Å². The quantitative estimate of drug-likeness (QED) is 0.794. The molecule has 0 spiro atoms. The predicted molar refractivity (Wildman–Crippen MR) is 94.4 cm³/mol. The largest absolute Gasteiger partial charge is 0.368 e. The van der Waals surface area contributed by atoms with Crippen molar-refractivity contribution in [3.8, 4) is 0 Å². The molecule has 3 aromatic heterocycles. The van der Waals surface area contributed by atoms with Gasteiger partial charge in [0.15, 0.2) is 0 Å². The summed E-state index contributed by atoms with van der Waals surface area (Å²) in [5.74, 6) is -0.139. The highest BCUT2D eigenvalue weighted by atomic mass is 32.1. The van der Waals surface area contributed by atoms with Gasteiger partial charge < -0.3 is 10.2 Å². The molecular formula is C17H17N5OS. The Hall–Kier alpha value is -2.54. The van der Waals surface area contributed by atoms with Gasteiger partial charge in [-0.05, 0) is 36.4 Å². The maximum atomic E-state index is 12.3. The molecule has 1 aliphatic heterocycles. The summed E-state index contributed by atoms with van der Waals surface area (Å²) in [5, 5.41) is 5.16. The summed E-state index contributed by atoms with van der Waals surface area (Å²) in [4.78, 5) is 26.9. The van der Waals surface area contributed by atoms with Crippen molar-refractivity contribution in [1.82, 2.24) is 20.3 Å². The van der Waals surface area contributed by atoms with E-state index < -0.39 is 0 Å². The van der Waals surface area contributed by atoms with E-state index in [1.54, 1.807) is 23.6 Å². The van der Waals surface area contributed by atoms with E-state index in [1.165, 1.54) is 16.7 Å². The summed E-state index contributed by atoms with van der Waals surface area (Å²) in [5.41, 5.74) is 2.65. The van der Waals surface area contributed by atoms with Gasteiger partial charge in [-0.3, -0.25) is 9.78 Å². The molecule has 6 nitrogen and oxygen atoms in total. The molecule has 1 amide bonds. The molecule has 1 aliphatic rings. The molecular weight excluding hydrogens is 322 g/mol. The minimum Gasteiger partial charge on any atom is -0.368 e. The van der Waals surface area contributed by atoms with Crippen LogP contribution < -0.4 is 10.2 Å². The summed E-state index contributed by atoms with van der Waals surface area (Å²) in [7, 11) is 0. The zero-order chi connectivity index (χ0) is 16.4. The zero-order valence-electron chi connectivity index (χ0n) is 13.1. The minimum absolute atomic E-state index is 0.115. The maximum absolute atomic E-state index is 12.3. The van der Waals surface area contributed by atoms with Crippen molar-refractivity contribution in [1.29, 1.82) is 0 Å². The predicted octanol–water partition coefficient (Wildman–Crippen LogP) is 2.49. The molecule has 1 fully saturated rings.